The maximum Gasteiger partial charge on any atom is 0.233 e. The van der Waals surface area contributed by atoms with Crippen molar-refractivity contribution in [2.45, 2.75) is 18.6 Å². The summed E-state index contributed by atoms with van der Waals surface area (Å²) >= 11 is 1.34. The monoisotopic (exact) mass is 396 g/mol. The molecule has 0 saturated heterocycles. The molecule has 0 aliphatic rings. The molecule has 0 radical (unpaired) electrons. The van der Waals surface area contributed by atoms with Crippen LogP contribution in [0.5, 0.6) is 0 Å². The molecule has 146 valence electrons. The minimum absolute atomic E-state index is 0.0282. The molecule has 0 aliphatic carbocycles. The topological polar surface area (TPSA) is 67.2 Å². The van der Waals surface area contributed by atoms with Gasteiger partial charge in [-0.25, -0.2) is 0 Å². The summed E-state index contributed by atoms with van der Waals surface area (Å²) in [5.74, 6) is 0.304. The Morgan fingerprint density at radius 2 is 1.86 bits per heavy atom. The lowest BCUT2D eigenvalue weighted by atomic mass is 10.2. The van der Waals surface area contributed by atoms with Crippen molar-refractivity contribution in [3.05, 3.63) is 59.7 Å². The summed E-state index contributed by atoms with van der Waals surface area (Å²) in [4.78, 5) is 16.3. The Kier molecular flexibility index (Phi) is 6.30. The molecule has 28 heavy (non-hydrogen) atoms. The maximum atomic E-state index is 12.5. The summed E-state index contributed by atoms with van der Waals surface area (Å²) < 4.78 is 1.66. The van der Waals surface area contributed by atoms with E-state index in [4.69, 9.17) is 0 Å². The number of carbonyl (C=O) groups excluding carboxylic acids is 1. The second-order valence-corrected chi connectivity index (χ2v) is 7.75. The molecule has 8 heteroatoms. The summed E-state index contributed by atoms with van der Waals surface area (Å²) in [5, 5.41) is 12.5. The van der Waals surface area contributed by atoms with Crippen molar-refractivity contribution >= 4 is 23.4 Å². The first-order valence-corrected chi connectivity index (χ1v) is 9.91. The molecular formula is C20H24N6OS. The molecule has 3 aromatic rings. The summed E-state index contributed by atoms with van der Waals surface area (Å²) in [6.45, 7) is 2.58. The summed E-state index contributed by atoms with van der Waals surface area (Å²) in [5.41, 5.74) is 4.24. The largest absolute Gasteiger partial charge is 0.378 e. The zero-order chi connectivity index (χ0) is 20.1. The van der Waals surface area contributed by atoms with Crippen LogP contribution >= 0.6 is 11.8 Å². The smallest absolute Gasteiger partial charge is 0.233 e. The first-order chi connectivity index (χ1) is 13.4. The first-order valence-electron chi connectivity index (χ1n) is 8.92. The fraction of sp³-hybridized carbons (Fsp3) is 0.300. The molecule has 0 atom stereocenters. The van der Waals surface area contributed by atoms with E-state index in [9.17, 15) is 4.79 Å². The zero-order valence-electron chi connectivity index (χ0n) is 16.5. The Bertz CT molecular complexity index is 938. The molecule has 2 aromatic carbocycles. The number of amides is 1. The molecular weight excluding hydrogens is 372 g/mol. The molecule has 0 saturated carbocycles. The molecule has 0 spiro atoms. The van der Waals surface area contributed by atoms with E-state index in [1.165, 1.54) is 11.8 Å². The second-order valence-electron chi connectivity index (χ2n) is 6.81. The van der Waals surface area contributed by atoms with E-state index in [1.54, 1.807) is 9.58 Å². The Hall–Kier alpha value is -2.87. The standard InChI is InChI=1S/C20H24N6OS/c1-15-6-5-7-18(12-15)26-20(21-22-23-26)28-14-19(27)25(4)13-16-8-10-17(11-9-16)24(2)3/h5-12H,13-14H2,1-4H3. The highest BCUT2D eigenvalue weighted by molar-refractivity contribution is 7.99. The lowest BCUT2D eigenvalue weighted by Gasteiger charge is -2.18. The van der Waals surface area contributed by atoms with Crippen molar-refractivity contribution in [3.8, 4) is 5.69 Å². The van der Waals surface area contributed by atoms with Gasteiger partial charge in [0.15, 0.2) is 0 Å². The highest BCUT2D eigenvalue weighted by Crippen LogP contribution is 2.20. The van der Waals surface area contributed by atoms with Crippen molar-refractivity contribution in [2.75, 3.05) is 31.8 Å². The van der Waals surface area contributed by atoms with Crippen LogP contribution in [-0.2, 0) is 11.3 Å². The first kappa shape index (κ1) is 19.9. The predicted octanol–water partition coefficient (Wildman–Crippen LogP) is 2.79. The summed E-state index contributed by atoms with van der Waals surface area (Å²) in [6, 6.07) is 16.1. The van der Waals surface area contributed by atoms with Crippen LogP contribution in [-0.4, -0.2) is 57.9 Å². The van der Waals surface area contributed by atoms with Gasteiger partial charge < -0.3 is 9.80 Å². The number of hydrogen-bond acceptors (Lipinski definition) is 6. The highest BCUT2D eigenvalue weighted by Gasteiger charge is 2.14. The summed E-state index contributed by atoms with van der Waals surface area (Å²) in [6.07, 6.45) is 0. The van der Waals surface area contributed by atoms with Crippen molar-refractivity contribution in [1.29, 1.82) is 0 Å². The van der Waals surface area contributed by atoms with E-state index in [0.717, 1.165) is 22.5 Å². The molecule has 3 rings (SSSR count). The molecule has 1 heterocycles. The van der Waals surface area contributed by atoms with Gasteiger partial charge in [0.2, 0.25) is 11.1 Å². The fourth-order valence-electron chi connectivity index (χ4n) is 2.69. The number of nitrogens with zero attached hydrogens (tertiary/aromatic N) is 6. The van der Waals surface area contributed by atoms with Crippen LogP contribution in [0, 0.1) is 6.92 Å². The lowest BCUT2D eigenvalue weighted by molar-refractivity contribution is -0.127. The van der Waals surface area contributed by atoms with Gasteiger partial charge in [-0.2, -0.15) is 4.68 Å². The SMILES string of the molecule is Cc1cccc(-n2nnnc2SCC(=O)N(C)Cc2ccc(N(C)C)cc2)c1. The van der Waals surface area contributed by atoms with Crippen molar-refractivity contribution < 1.29 is 4.79 Å². The molecule has 1 amide bonds. The summed E-state index contributed by atoms with van der Waals surface area (Å²) in [7, 11) is 5.82. The lowest BCUT2D eigenvalue weighted by Crippen LogP contribution is -2.28. The number of anilines is 1. The Balaban J connectivity index is 1.59. The van der Waals surface area contributed by atoms with Gasteiger partial charge in [0.1, 0.15) is 0 Å². The van der Waals surface area contributed by atoms with Gasteiger partial charge in [-0.15, -0.1) is 5.10 Å². The molecule has 0 bridgehead atoms. The number of hydrogen-bond donors (Lipinski definition) is 0. The van der Waals surface area contributed by atoms with Crippen molar-refractivity contribution in [1.82, 2.24) is 25.1 Å². The minimum atomic E-state index is 0.0282. The van der Waals surface area contributed by atoms with Crippen LogP contribution in [0.1, 0.15) is 11.1 Å². The molecule has 7 nitrogen and oxygen atoms in total. The van der Waals surface area contributed by atoms with Gasteiger partial charge in [-0.05, 0) is 52.7 Å². The third-order valence-electron chi connectivity index (χ3n) is 4.31. The van der Waals surface area contributed by atoms with Crippen LogP contribution in [0.3, 0.4) is 0 Å². The van der Waals surface area contributed by atoms with E-state index < -0.39 is 0 Å². The number of rotatable bonds is 7. The van der Waals surface area contributed by atoms with Gasteiger partial charge in [-0.3, -0.25) is 4.79 Å². The molecule has 0 N–H and O–H groups in total. The van der Waals surface area contributed by atoms with Gasteiger partial charge in [0.25, 0.3) is 0 Å². The predicted molar refractivity (Wildman–Crippen MR) is 112 cm³/mol. The number of tetrazole rings is 1. The van der Waals surface area contributed by atoms with Crippen LogP contribution in [0.2, 0.25) is 0 Å². The van der Waals surface area contributed by atoms with E-state index in [-0.39, 0.29) is 11.7 Å². The van der Waals surface area contributed by atoms with Crippen molar-refractivity contribution in [3.63, 3.8) is 0 Å². The molecule has 0 aliphatic heterocycles. The third-order valence-corrected chi connectivity index (χ3v) is 5.21. The van der Waals surface area contributed by atoms with Crippen molar-refractivity contribution in [2.24, 2.45) is 0 Å². The molecule has 0 unspecified atom stereocenters. The Morgan fingerprint density at radius 3 is 2.54 bits per heavy atom. The van der Waals surface area contributed by atoms with Gasteiger partial charge in [-0.1, -0.05) is 36.0 Å². The van der Waals surface area contributed by atoms with E-state index in [1.807, 2.05) is 69.4 Å². The van der Waals surface area contributed by atoms with E-state index in [2.05, 4.69) is 27.7 Å². The van der Waals surface area contributed by atoms with Gasteiger partial charge in [0, 0.05) is 33.4 Å². The van der Waals surface area contributed by atoms with Crippen LogP contribution in [0.4, 0.5) is 5.69 Å². The quantitative estimate of drug-likeness (QED) is 0.572. The number of aromatic nitrogens is 4. The maximum absolute atomic E-state index is 12.5. The minimum Gasteiger partial charge on any atom is -0.378 e. The molecule has 1 aromatic heterocycles. The van der Waals surface area contributed by atoms with Crippen LogP contribution < -0.4 is 4.90 Å². The Labute approximate surface area is 169 Å². The van der Waals surface area contributed by atoms with Gasteiger partial charge >= 0.3 is 0 Å². The number of thioether (sulfide) groups is 1. The van der Waals surface area contributed by atoms with Crippen LogP contribution in [0.25, 0.3) is 5.69 Å². The number of carbonyl (C=O) groups is 1. The average molecular weight is 397 g/mol. The Morgan fingerprint density at radius 1 is 1.11 bits per heavy atom. The van der Waals surface area contributed by atoms with Gasteiger partial charge in [0.05, 0.1) is 11.4 Å². The molecule has 0 fully saturated rings. The number of benzene rings is 2. The second kappa shape index (κ2) is 8.88. The highest BCUT2D eigenvalue weighted by atomic mass is 32.2. The normalized spacial score (nSPS) is 10.7. The van der Waals surface area contributed by atoms with E-state index in [0.29, 0.717) is 11.7 Å². The number of aryl methyl sites for hydroxylation is 1. The van der Waals surface area contributed by atoms with E-state index >= 15 is 0 Å². The third kappa shape index (κ3) is 4.89. The zero-order valence-corrected chi connectivity index (χ0v) is 17.3. The fourth-order valence-corrected chi connectivity index (χ4v) is 3.52. The average Bonchev–Trinajstić information content (AvgIpc) is 3.15. The van der Waals surface area contributed by atoms with Crippen LogP contribution in [0.15, 0.2) is 53.7 Å².